The largest absolute Gasteiger partial charge is 0.506 e. The summed E-state index contributed by atoms with van der Waals surface area (Å²) in [6.45, 7) is -0.0545. The fraction of sp³-hybridized carbons (Fsp3) is 0.125. The Morgan fingerprint density at radius 2 is 2.15 bits per heavy atom. The molecular formula is C8H9Cl2NO2. The van der Waals surface area contributed by atoms with E-state index in [-0.39, 0.29) is 35.5 Å². The van der Waals surface area contributed by atoms with Crippen LogP contribution >= 0.6 is 24.0 Å². The third-order valence-corrected chi connectivity index (χ3v) is 1.76. The average molecular weight is 222 g/mol. The molecular weight excluding hydrogens is 213 g/mol. The van der Waals surface area contributed by atoms with Crippen molar-refractivity contribution in [3.8, 4) is 5.75 Å². The van der Waals surface area contributed by atoms with E-state index < -0.39 is 0 Å². The van der Waals surface area contributed by atoms with Gasteiger partial charge in [-0.3, -0.25) is 4.79 Å². The molecule has 3 N–H and O–H groups in total. The number of rotatable bonds is 2. The quantitative estimate of drug-likeness (QED) is 0.747. The second-order valence-corrected chi connectivity index (χ2v) is 2.70. The van der Waals surface area contributed by atoms with Crippen molar-refractivity contribution in [2.45, 2.75) is 0 Å². The molecule has 0 radical (unpaired) electrons. The first kappa shape index (κ1) is 12.2. The lowest BCUT2D eigenvalue weighted by molar-refractivity contribution is 0.100. The number of ketones is 1. The Balaban J connectivity index is 0.00000144. The van der Waals surface area contributed by atoms with Gasteiger partial charge in [0.1, 0.15) is 5.75 Å². The van der Waals surface area contributed by atoms with Crippen LogP contribution in [-0.2, 0) is 0 Å². The van der Waals surface area contributed by atoms with Crippen molar-refractivity contribution in [1.29, 1.82) is 0 Å². The summed E-state index contributed by atoms with van der Waals surface area (Å²) in [5.41, 5.74) is 5.55. The van der Waals surface area contributed by atoms with Crippen LogP contribution < -0.4 is 5.73 Å². The maximum atomic E-state index is 11.0. The number of phenols is 1. The summed E-state index contributed by atoms with van der Waals surface area (Å²) in [4.78, 5) is 11.0. The van der Waals surface area contributed by atoms with Crippen LogP contribution in [0.1, 0.15) is 10.4 Å². The first-order valence-electron chi connectivity index (χ1n) is 3.37. The number of phenolic OH excluding ortho intramolecular Hbond substituents is 1. The van der Waals surface area contributed by atoms with Crippen molar-refractivity contribution in [3.63, 3.8) is 0 Å². The van der Waals surface area contributed by atoms with Crippen LogP contribution in [0.25, 0.3) is 0 Å². The van der Waals surface area contributed by atoms with Crippen molar-refractivity contribution < 1.29 is 9.90 Å². The molecule has 3 nitrogen and oxygen atoms in total. The summed E-state index contributed by atoms with van der Waals surface area (Å²) < 4.78 is 0. The normalized spacial score (nSPS) is 9.08. The van der Waals surface area contributed by atoms with E-state index in [0.717, 1.165) is 0 Å². The second kappa shape index (κ2) is 5.07. The van der Waals surface area contributed by atoms with E-state index in [1.807, 2.05) is 0 Å². The Kier molecular flexibility index (Phi) is 4.77. The van der Waals surface area contributed by atoms with E-state index in [0.29, 0.717) is 5.56 Å². The number of hydrogen-bond donors (Lipinski definition) is 2. The maximum Gasteiger partial charge on any atom is 0.176 e. The monoisotopic (exact) mass is 221 g/mol. The summed E-state index contributed by atoms with van der Waals surface area (Å²) in [6, 6.07) is 4.24. The molecule has 0 spiro atoms. The zero-order valence-electron chi connectivity index (χ0n) is 6.66. The standard InChI is InChI=1S/C8H8ClNO2.ClH/c9-6-3-5(8(12)4-10)1-2-7(6)11;/h1-3,11H,4,10H2;1H. The first-order chi connectivity index (χ1) is 5.65. The fourth-order valence-corrected chi connectivity index (χ4v) is 0.979. The Morgan fingerprint density at radius 1 is 1.54 bits per heavy atom. The van der Waals surface area contributed by atoms with Gasteiger partial charge < -0.3 is 10.8 Å². The number of carbonyl (C=O) groups is 1. The van der Waals surface area contributed by atoms with Crippen LogP contribution in [0, 0.1) is 0 Å². The molecule has 0 aromatic heterocycles. The highest BCUT2D eigenvalue weighted by molar-refractivity contribution is 6.32. The molecule has 0 fully saturated rings. The summed E-state index contributed by atoms with van der Waals surface area (Å²) in [5, 5.41) is 9.19. The van der Waals surface area contributed by atoms with E-state index in [4.69, 9.17) is 22.4 Å². The third kappa shape index (κ3) is 2.88. The molecule has 1 rings (SSSR count). The molecule has 0 unspecified atom stereocenters. The van der Waals surface area contributed by atoms with Gasteiger partial charge in [0.05, 0.1) is 11.6 Å². The predicted octanol–water partition coefficient (Wildman–Crippen LogP) is 1.61. The number of Topliss-reactive ketones (excluding diaryl/α,β-unsaturated/α-hetero) is 1. The van der Waals surface area contributed by atoms with E-state index in [1.54, 1.807) is 0 Å². The smallest absolute Gasteiger partial charge is 0.176 e. The zero-order valence-corrected chi connectivity index (χ0v) is 8.23. The molecule has 1 aromatic rings. The molecule has 0 saturated carbocycles. The first-order valence-corrected chi connectivity index (χ1v) is 3.74. The SMILES string of the molecule is Cl.NCC(=O)c1ccc(O)c(Cl)c1. The third-order valence-electron chi connectivity index (χ3n) is 1.46. The maximum absolute atomic E-state index is 11.0. The minimum atomic E-state index is -0.197. The van der Waals surface area contributed by atoms with Crippen LogP contribution in [0.2, 0.25) is 5.02 Å². The Morgan fingerprint density at radius 3 is 2.62 bits per heavy atom. The average Bonchev–Trinajstić information content (AvgIpc) is 2.08. The molecule has 0 bridgehead atoms. The van der Waals surface area contributed by atoms with Crippen LogP contribution in [0.4, 0.5) is 0 Å². The molecule has 0 atom stereocenters. The molecule has 72 valence electrons. The molecule has 0 saturated heterocycles. The lowest BCUT2D eigenvalue weighted by atomic mass is 10.1. The molecule has 5 heteroatoms. The summed E-state index contributed by atoms with van der Waals surface area (Å²) in [6.07, 6.45) is 0. The van der Waals surface area contributed by atoms with Crippen molar-refractivity contribution in [1.82, 2.24) is 0 Å². The number of benzene rings is 1. The van der Waals surface area contributed by atoms with Gasteiger partial charge in [0, 0.05) is 5.56 Å². The highest BCUT2D eigenvalue weighted by atomic mass is 35.5. The molecule has 0 aliphatic carbocycles. The summed E-state index contributed by atoms with van der Waals surface area (Å²) in [5.74, 6) is -0.234. The number of halogens is 2. The minimum Gasteiger partial charge on any atom is -0.506 e. The van der Waals surface area contributed by atoms with E-state index in [1.165, 1.54) is 18.2 Å². The Bertz CT molecular complexity index is 315. The number of aromatic hydroxyl groups is 1. The van der Waals surface area contributed by atoms with Crippen molar-refractivity contribution in [3.05, 3.63) is 28.8 Å². The van der Waals surface area contributed by atoms with Gasteiger partial charge in [-0.15, -0.1) is 12.4 Å². The van der Waals surface area contributed by atoms with Gasteiger partial charge in [-0.05, 0) is 18.2 Å². The van der Waals surface area contributed by atoms with Crippen LogP contribution in [-0.4, -0.2) is 17.4 Å². The number of carbonyl (C=O) groups excluding carboxylic acids is 1. The Labute approximate surface area is 86.9 Å². The molecule has 0 heterocycles. The van der Waals surface area contributed by atoms with Crippen LogP contribution in [0.5, 0.6) is 5.75 Å². The van der Waals surface area contributed by atoms with Gasteiger partial charge >= 0.3 is 0 Å². The van der Waals surface area contributed by atoms with Gasteiger partial charge in [0.2, 0.25) is 0 Å². The molecule has 1 aromatic carbocycles. The minimum absolute atomic E-state index is 0. The lowest BCUT2D eigenvalue weighted by Gasteiger charge is -1.99. The van der Waals surface area contributed by atoms with Gasteiger partial charge in [-0.1, -0.05) is 11.6 Å². The fourth-order valence-electron chi connectivity index (χ4n) is 0.798. The van der Waals surface area contributed by atoms with E-state index in [2.05, 4.69) is 0 Å². The lowest BCUT2D eigenvalue weighted by Crippen LogP contribution is -2.13. The topological polar surface area (TPSA) is 63.3 Å². The molecule has 13 heavy (non-hydrogen) atoms. The highest BCUT2D eigenvalue weighted by Crippen LogP contribution is 2.23. The highest BCUT2D eigenvalue weighted by Gasteiger charge is 2.05. The molecule has 0 amide bonds. The van der Waals surface area contributed by atoms with E-state index >= 15 is 0 Å². The zero-order chi connectivity index (χ0) is 9.14. The van der Waals surface area contributed by atoms with Crippen LogP contribution in [0.15, 0.2) is 18.2 Å². The summed E-state index contributed by atoms with van der Waals surface area (Å²) in [7, 11) is 0. The van der Waals surface area contributed by atoms with Gasteiger partial charge in [0.25, 0.3) is 0 Å². The summed E-state index contributed by atoms with van der Waals surface area (Å²) >= 11 is 5.57. The molecule has 0 aliphatic rings. The van der Waals surface area contributed by atoms with E-state index in [9.17, 15) is 4.79 Å². The number of nitrogens with two attached hydrogens (primary N) is 1. The van der Waals surface area contributed by atoms with Gasteiger partial charge in [-0.25, -0.2) is 0 Å². The molecule has 0 aliphatic heterocycles. The second-order valence-electron chi connectivity index (χ2n) is 2.29. The van der Waals surface area contributed by atoms with Crippen molar-refractivity contribution in [2.75, 3.05) is 6.54 Å². The van der Waals surface area contributed by atoms with Crippen LogP contribution in [0.3, 0.4) is 0 Å². The predicted molar refractivity (Wildman–Crippen MR) is 53.7 cm³/mol. The van der Waals surface area contributed by atoms with Crippen molar-refractivity contribution >= 4 is 29.8 Å². The number of hydrogen-bond acceptors (Lipinski definition) is 3. The van der Waals surface area contributed by atoms with Gasteiger partial charge in [-0.2, -0.15) is 0 Å². The Hall–Kier alpha value is -0.770. The van der Waals surface area contributed by atoms with Gasteiger partial charge in [0.15, 0.2) is 5.78 Å². The van der Waals surface area contributed by atoms with Crippen molar-refractivity contribution in [2.24, 2.45) is 5.73 Å².